The van der Waals surface area contributed by atoms with Crippen LogP contribution < -0.4 is 16.4 Å². The molecule has 0 aromatic carbocycles. The lowest BCUT2D eigenvalue weighted by molar-refractivity contribution is -0.127. The number of amides is 3. The molecule has 0 aliphatic carbocycles. The number of ether oxygens (including phenoxy) is 2. The number of hydrogen-bond donors (Lipinski definition) is 3. The summed E-state index contributed by atoms with van der Waals surface area (Å²) in [6.45, 7) is 5.65. The predicted octanol–water partition coefficient (Wildman–Crippen LogP) is -0.482. The summed E-state index contributed by atoms with van der Waals surface area (Å²) in [5.74, 6) is -1.22. The largest absolute Gasteiger partial charge is 0.444 e. The normalized spacial score (nSPS) is 12.4. The molecule has 0 heterocycles. The molecule has 0 aromatic rings. The van der Waals surface area contributed by atoms with Crippen LogP contribution in [0.5, 0.6) is 0 Å². The van der Waals surface area contributed by atoms with Crippen LogP contribution >= 0.6 is 0 Å². The molecule has 0 aromatic heterocycles. The Morgan fingerprint density at radius 3 is 2.30 bits per heavy atom. The van der Waals surface area contributed by atoms with E-state index in [1.54, 1.807) is 20.8 Å². The minimum absolute atomic E-state index is 0.264. The molecule has 0 radical (unpaired) electrons. The smallest absolute Gasteiger partial charge is 0.408 e. The highest BCUT2D eigenvalue weighted by molar-refractivity contribution is 5.90. The Kier molecular flexibility index (Phi) is 7.60. The third-order valence-corrected chi connectivity index (χ3v) is 2.02. The van der Waals surface area contributed by atoms with Crippen LogP contribution in [0.15, 0.2) is 0 Å². The van der Waals surface area contributed by atoms with E-state index in [-0.39, 0.29) is 13.0 Å². The zero-order valence-corrected chi connectivity index (χ0v) is 12.3. The zero-order chi connectivity index (χ0) is 15.8. The molecule has 0 aliphatic rings. The van der Waals surface area contributed by atoms with Crippen molar-refractivity contribution in [1.29, 1.82) is 0 Å². The Bertz CT molecular complexity index is 351. The fourth-order valence-corrected chi connectivity index (χ4v) is 1.26. The van der Waals surface area contributed by atoms with Crippen molar-refractivity contribution in [3.8, 4) is 0 Å². The third-order valence-electron chi connectivity index (χ3n) is 2.02. The summed E-state index contributed by atoms with van der Waals surface area (Å²) in [7, 11) is 1.49. The van der Waals surface area contributed by atoms with Gasteiger partial charge in [0.25, 0.3) is 0 Å². The van der Waals surface area contributed by atoms with Crippen molar-refractivity contribution in [1.82, 2.24) is 10.6 Å². The Morgan fingerprint density at radius 1 is 1.25 bits per heavy atom. The van der Waals surface area contributed by atoms with E-state index in [2.05, 4.69) is 10.6 Å². The monoisotopic (exact) mass is 289 g/mol. The highest BCUT2D eigenvalue weighted by Crippen LogP contribution is 2.07. The molecule has 0 bridgehead atoms. The maximum absolute atomic E-state index is 11.8. The molecule has 0 unspecified atom stereocenters. The van der Waals surface area contributed by atoms with Gasteiger partial charge in [0.1, 0.15) is 11.6 Å². The van der Waals surface area contributed by atoms with E-state index < -0.39 is 29.6 Å². The van der Waals surface area contributed by atoms with Gasteiger partial charge < -0.3 is 25.8 Å². The van der Waals surface area contributed by atoms with Crippen LogP contribution in [-0.4, -0.2) is 49.8 Å². The first kappa shape index (κ1) is 18.2. The molecule has 3 amide bonds. The van der Waals surface area contributed by atoms with Gasteiger partial charge in [-0.2, -0.15) is 0 Å². The molecule has 4 N–H and O–H groups in total. The van der Waals surface area contributed by atoms with E-state index in [1.807, 2.05) is 0 Å². The van der Waals surface area contributed by atoms with Crippen LogP contribution in [-0.2, 0) is 19.1 Å². The summed E-state index contributed by atoms with van der Waals surface area (Å²) in [5, 5.41) is 4.83. The molecule has 0 aliphatic heterocycles. The van der Waals surface area contributed by atoms with Crippen molar-refractivity contribution in [2.75, 3.05) is 20.3 Å². The van der Waals surface area contributed by atoms with Gasteiger partial charge in [-0.3, -0.25) is 9.59 Å². The van der Waals surface area contributed by atoms with Gasteiger partial charge in [-0.1, -0.05) is 0 Å². The van der Waals surface area contributed by atoms with E-state index in [1.165, 1.54) is 7.11 Å². The van der Waals surface area contributed by atoms with Gasteiger partial charge in [-0.15, -0.1) is 0 Å². The van der Waals surface area contributed by atoms with Crippen molar-refractivity contribution in [3.05, 3.63) is 0 Å². The number of nitrogens with one attached hydrogen (secondary N) is 2. The summed E-state index contributed by atoms with van der Waals surface area (Å²) in [4.78, 5) is 34.3. The van der Waals surface area contributed by atoms with Crippen LogP contribution in [0.1, 0.15) is 27.2 Å². The molecule has 0 saturated carbocycles. The average Bonchev–Trinajstić information content (AvgIpc) is 2.25. The summed E-state index contributed by atoms with van der Waals surface area (Å²) in [6.07, 6.45) is -1.09. The van der Waals surface area contributed by atoms with Gasteiger partial charge in [0.05, 0.1) is 13.0 Å². The molecule has 20 heavy (non-hydrogen) atoms. The topological polar surface area (TPSA) is 120 Å². The molecule has 0 spiro atoms. The molecule has 8 nitrogen and oxygen atoms in total. The summed E-state index contributed by atoms with van der Waals surface area (Å²) < 4.78 is 9.80. The number of alkyl carbamates (subject to hydrolysis) is 1. The van der Waals surface area contributed by atoms with E-state index in [9.17, 15) is 14.4 Å². The maximum Gasteiger partial charge on any atom is 0.408 e. The molecular formula is C12H23N3O5. The Hall–Kier alpha value is -1.83. The van der Waals surface area contributed by atoms with Gasteiger partial charge >= 0.3 is 6.09 Å². The average molecular weight is 289 g/mol. The zero-order valence-electron chi connectivity index (χ0n) is 12.3. The van der Waals surface area contributed by atoms with Crippen LogP contribution in [0.2, 0.25) is 0 Å². The quantitative estimate of drug-likeness (QED) is 0.547. The van der Waals surface area contributed by atoms with Crippen molar-refractivity contribution < 1.29 is 23.9 Å². The lowest BCUT2D eigenvalue weighted by Crippen LogP contribution is -2.50. The minimum atomic E-state index is -1.07. The third kappa shape index (κ3) is 9.15. The second-order valence-corrected chi connectivity index (χ2v) is 5.15. The minimum Gasteiger partial charge on any atom is -0.444 e. The summed E-state index contributed by atoms with van der Waals surface area (Å²) >= 11 is 0. The highest BCUT2D eigenvalue weighted by atomic mass is 16.6. The SMILES string of the molecule is COCCNC(=O)[C@@H](CC(N)=O)NC(=O)OC(C)(C)C. The van der Waals surface area contributed by atoms with Crippen molar-refractivity contribution >= 4 is 17.9 Å². The van der Waals surface area contributed by atoms with E-state index in [0.717, 1.165) is 0 Å². The highest BCUT2D eigenvalue weighted by Gasteiger charge is 2.25. The first-order chi connectivity index (χ1) is 9.15. The van der Waals surface area contributed by atoms with Crippen molar-refractivity contribution in [2.45, 2.75) is 38.8 Å². The number of nitrogens with two attached hydrogens (primary N) is 1. The fraction of sp³-hybridized carbons (Fsp3) is 0.750. The molecular weight excluding hydrogens is 266 g/mol. The number of hydrogen-bond acceptors (Lipinski definition) is 5. The number of rotatable bonds is 7. The Balaban J connectivity index is 4.51. The lowest BCUT2D eigenvalue weighted by Gasteiger charge is -2.22. The van der Waals surface area contributed by atoms with Gasteiger partial charge in [0.2, 0.25) is 11.8 Å². The van der Waals surface area contributed by atoms with Crippen molar-refractivity contribution in [3.63, 3.8) is 0 Å². The molecule has 1 atom stereocenters. The Morgan fingerprint density at radius 2 is 1.85 bits per heavy atom. The molecule has 116 valence electrons. The number of primary amides is 1. The van der Waals surface area contributed by atoms with E-state index >= 15 is 0 Å². The Labute approximate surface area is 118 Å². The van der Waals surface area contributed by atoms with E-state index in [0.29, 0.717) is 6.61 Å². The molecule has 0 rings (SSSR count). The molecule has 0 saturated heterocycles. The standard InChI is InChI=1S/C12H23N3O5/c1-12(2,3)20-11(18)15-8(7-9(13)16)10(17)14-5-6-19-4/h8H,5-7H2,1-4H3,(H2,13,16)(H,14,17)(H,15,18)/t8-/m1/s1. The second-order valence-electron chi connectivity index (χ2n) is 5.15. The maximum atomic E-state index is 11.8. The van der Waals surface area contributed by atoms with Gasteiger partial charge in [-0.25, -0.2) is 4.79 Å². The summed E-state index contributed by atoms with van der Waals surface area (Å²) in [6, 6.07) is -1.07. The molecule has 0 fully saturated rings. The predicted molar refractivity (Wildman–Crippen MR) is 71.9 cm³/mol. The van der Waals surface area contributed by atoms with Gasteiger partial charge in [0.15, 0.2) is 0 Å². The van der Waals surface area contributed by atoms with Crippen LogP contribution in [0.3, 0.4) is 0 Å². The number of carbonyl (C=O) groups excluding carboxylic acids is 3. The van der Waals surface area contributed by atoms with E-state index in [4.69, 9.17) is 15.2 Å². The van der Waals surface area contributed by atoms with Gasteiger partial charge in [0, 0.05) is 13.7 Å². The van der Waals surface area contributed by atoms with Crippen LogP contribution in [0, 0.1) is 0 Å². The van der Waals surface area contributed by atoms with Crippen LogP contribution in [0.25, 0.3) is 0 Å². The van der Waals surface area contributed by atoms with Crippen LogP contribution in [0.4, 0.5) is 4.79 Å². The van der Waals surface area contributed by atoms with Crippen molar-refractivity contribution in [2.24, 2.45) is 5.73 Å². The molecule has 8 heteroatoms. The van der Waals surface area contributed by atoms with Gasteiger partial charge in [-0.05, 0) is 20.8 Å². The lowest BCUT2D eigenvalue weighted by atomic mass is 10.2. The fourth-order valence-electron chi connectivity index (χ4n) is 1.26. The second kappa shape index (κ2) is 8.36. The summed E-state index contributed by atoms with van der Waals surface area (Å²) in [5.41, 5.74) is 4.35. The number of carbonyl (C=O) groups is 3. The first-order valence-corrected chi connectivity index (χ1v) is 6.20. The first-order valence-electron chi connectivity index (χ1n) is 6.20. The number of methoxy groups -OCH3 is 1.